The maximum absolute atomic E-state index is 14.0. The lowest BCUT2D eigenvalue weighted by molar-refractivity contribution is -0.149. The average Bonchev–Trinajstić information content (AvgIpc) is 3.73. The first-order valence-corrected chi connectivity index (χ1v) is 19.9. The number of rotatable bonds is 20. The zero-order chi connectivity index (χ0) is 40.8. The van der Waals surface area contributed by atoms with Crippen LogP contribution in [0.4, 0.5) is 15.4 Å². The number of fused-ring (bicyclic) bond motifs is 4. The SMILES string of the molecule is COCCOCCOC[C@@H](CN(CC(=O)OCCI)C(=O)Cn1cnc2c(NC(=O)OC(C)(C)C)ncnc21)NC(=O)OCC1c2ccccc2-c2ccccc21. The fourth-order valence-corrected chi connectivity index (χ4v) is 6.36. The molecule has 2 N–H and O–H groups in total. The average molecular weight is 902 g/mol. The van der Waals surface area contributed by atoms with Gasteiger partial charge in [0.1, 0.15) is 38.2 Å². The lowest BCUT2D eigenvalue weighted by atomic mass is 9.98. The summed E-state index contributed by atoms with van der Waals surface area (Å²) in [6, 6.07) is 15.2. The van der Waals surface area contributed by atoms with Crippen LogP contribution in [0.25, 0.3) is 22.3 Å². The summed E-state index contributed by atoms with van der Waals surface area (Å²) in [4.78, 5) is 66.9. The first kappa shape index (κ1) is 43.2. The lowest BCUT2D eigenvalue weighted by Gasteiger charge is -2.28. The molecule has 0 fully saturated rings. The molecule has 5 rings (SSSR count). The minimum absolute atomic E-state index is 0.0364. The molecular weight excluding hydrogens is 853 g/mol. The summed E-state index contributed by atoms with van der Waals surface area (Å²) in [5.74, 6) is -1.21. The number of alkyl carbamates (subject to hydrolysis) is 1. The van der Waals surface area contributed by atoms with Crippen LogP contribution in [0.3, 0.4) is 0 Å². The molecule has 0 unspecified atom stereocenters. The number of halogens is 1. The van der Waals surface area contributed by atoms with Gasteiger partial charge in [-0.1, -0.05) is 71.1 Å². The maximum atomic E-state index is 14.0. The maximum Gasteiger partial charge on any atom is 0.413 e. The molecule has 4 aromatic rings. The summed E-state index contributed by atoms with van der Waals surface area (Å²) in [6.45, 7) is 5.81. The zero-order valence-corrected chi connectivity index (χ0v) is 34.6. The fraction of sp³-hybridized carbons (Fsp3) is 0.462. The molecule has 0 saturated heterocycles. The molecule has 0 bridgehead atoms. The van der Waals surface area contributed by atoms with Gasteiger partial charge in [0.2, 0.25) is 5.91 Å². The van der Waals surface area contributed by atoms with E-state index in [1.807, 2.05) is 36.4 Å². The van der Waals surface area contributed by atoms with Crippen molar-refractivity contribution in [2.45, 2.75) is 44.9 Å². The fourth-order valence-electron chi connectivity index (χ4n) is 6.14. The summed E-state index contributed by atoms with van der Waals surface area (Å²) >= 11 is 2.08. The summed E-state index contributed by atoms with van der Waals surface area (Å²) < 4.78 is 34.9. The van der Waals surface area contributed by atoms with E-state index in [0.717, 1.165) is 22.3 Å². The van der Waals surface area contributed by atoms with Crippen LogP contribution in [-0.2, 0) is 44.6 Å². The van der Waals surface area contributed by atoms with E-state index in [0.29, 0.717) is 17.6 Å². The molecule has 1 atom stereocenters. The molecule has 18 heteroatoms. The Bertz CT molecular complexity index is 1940. The quantitative estimate of drug-likeness (QED) is 0.0413. The number of hydrogen-bond donors (Lipinski definition) is 2. The first-order chi connectivity index (χ1) is 27.5. The van der Waals surface area contributed by atoms with Gasteiger partial charge in [-0.05, 0) is 43.0 Å². The predicted molar refractivity (Wildman–Crippen MR) is 217 cm³/mol. The van der Waals surface area contributed by atoms with Crippen molar-refractivity contribution in [3.8, 4) is 11.1 Å². The van der Waals surface area contributed by atoms with Gasteiger partial charge in [-0.3, -0.25) is 14.9 Å². The highest BCUT2D eigenvalue weighted by atomic mass is 127. The first-order valence-electron chi connectivity index (χ1n) is 18.4. The summed E-state index contributed by atoms with van der Waals surface area (Å²) in [5.41, 5.74) is 4.04. The number of nitrogens with one attached hydrogen (secondary N) is 2. The van der Waals surface area contributed by atoms with Crippen LogP contribution in [-0.4, -0.2) is 131 Å². The lowest BCUT2D eigenvalue weighted by Crippen LogP contribution is -2.50. The smallest absolute Gasteiger partial charge is 0.413 e. The van der Waals surface area contributed by atoms with Gasteiger partial charge in [0.15, 0.2) is 17.0 Å². The van der Waals surface area contributed by atoms with Crippen molar-refractivity contribution >= 4 is 63.6 Å². The second-order valence-electron chi connectivity index (χ2n) is 13.9. The molecule has 1 aliphatic carbocycles. The third-order valence-corrected chi connectivity index (χ3v) is 9.01. The van der Waals surface area contributed by atoms with Gasteiger partial charge in [0.05, 0.1) is 45.4 Å². The Hall–Kier alpha value is -4.92. The van der Waals surface area contributed by atoms with Crippen LogP contribution in [0.15, 0.2) is 61.2 Å². The molecule has 0 aliphatic heterocycles. The Kier molecular flexibility index (Phi) is 15.9. The van der Waals surface area contributed by atoms with E-state index in [1.165, 1.54) is 22.1 Å². The van der Waals surface area contributed by atoms with Gasteiger partial charge in [-0.25, -0.2) is 24.5 Å². The van der Waals surface area contributed by atoms with E-state index in [9.17, 15) is 19.2 Å². The normalized spacial score (nSPS) is 12.7. The summed E-state index contributed by atoms with van der Waals surface area (Å²) in [7, 11) is 1.58. The number of methoxy groups -OCH3 is 1. The predicted octanol–water partition coefficient (Wildman–Crippen LogP) is 4.57. The standard InChI is InChI=1S/C39H48IN7O10/c1-39(2,3)57-38(51)45-35-34-36(42-24-41-35)47(25-43-34)20-32(48)46(21-33(49)55-14-13-40)19-26(22-54-18-17-53-16-15-52-4)44-37(50)56-23-31-29-11-7-5-9-27(29)28-10-6-8-12-30(28)31/h5-12,24-26,31H,13-23H2,1-4H3,(H,44,50)(H,41,42,45,51)/t26-/m1/s1. The second-order valence-corrected chi connectivity index (χ2v) is 15.0. The van der Waals surface area contributed by atoms with E-state index in [1.54, 1.807) is 27.9 Å². The number of anilines is 1. The third kappa shape index (κ3) is 12.5. The number of esters is 1. The number of ether oxygens (including phenoxy) is 6. The van der Waals surface area contributed by atoms with E-state index >= 15 is 0 Å². The van der Waals surface area contributed by atoms with Crippen LogP contribution in [0.2, 0.25) is 0 Å². The number of hydrogen-bond acceptors (Lipinski definition) is 13. The number of amides is 3. The van der Waals surface area contributed by atoms with E-state index in [4.69, 9.17) is 28.4 Å². The minimum atomic E-state index is -0.813. The molecule has 0 radical (unpaired) electrons. The van der Waals surface area contributed by atoms with Gasteiger partial charge in [0, 0.05) is 24.0 Å². The Labute approximate surface area is 344 Å². The largest absolute Gasteiger partial charge is 0.464 e. The van der Waals surface area contributed by atoms with Gasteiger partial charge in [-0.15, -0.1) is 0 Å². The van der Waals surface area contributed by atoms with Crippen molar-refractivity contribution in [1.82, 2.24) is 29.7 Å². The highest BCUT2D eigenvalue weighted by Gasteiger charge is 2.30. The number of aromatic nitrogens is 4. The second kappa shape index (κ2) is 21.0. The number of carbonyl (C=O) groups excluding carboxylic acids is 4. The molecular formula is C39H48IN7O10. The monoisotopic (exact) mass is 901 g/mol. The van der Waals surface area contributed by atoms with Crippen molar-refractivity contribution in [3.63, 3.8) is 0 Å². The number of nitrogens with zero attached hydrogens (tertiary/aromatic N) is 5. The Balaban J connectivity index is 1.31. The molecule has 2 aromatic carbocycles. The van der Waals surface area contributed by atoms with Gasteiger partial charge >= 0.3 is 18.2 Å². The Morgan fingerprint density at radius 1 is 0.877 bits per heavy atom. The van der Waals surface area contributed by atoms with Crippen LogP contribution >= 0.6 is 22.6 Å². The summed E-state index contributed by atoms with van der Waals surface area (Å²) in [6.07, 6.45) is 1.15. The molecule has 3 amide bonds. The van der Waals surface area contributed by atoms with Crippen LogP contribution in [0, 0.1) is 0 Å². The Morgan fingerprint density at radius 2 is 1.56 bits per heavy atom. The molecule has 0 saturated carbocycles. The van der Waals surface area contributed by atoms with Crippen molar-refractivity contribution in [2.75, 3.05) is 76.2 Å². The molecule has 2 heterocycles. The number of imidazole rings is 1. The molecule has 0 spiro atoms. The molecule has 306 valence electrons. The number of alkyl halides is 1. The van der Waals surface area contributed by atoms with Gasteiger partial charge < -0.3 is 43.2 Å². The van der Waals surface area contributed by atoms with Gasteiger partial charge in [-0.2, -0.15) is 0 Å². The zero-order valence-electron chi connectivity index (χ0n) is 32.4. The molecule has 2 aromatic heterocycles. The van der Waals surface area contributed by atoms with E-state index < -0.39 is 42.3 Å². The van der Waals surface area contributed by atoms with E-state index in [-0.39, 0.29) is 69.0 Å². The minimum Gasteiger partial charge on any atom is -0.464 e. The molecule has 1 aliphatic rings. The van der Waals surface area contributed by atoms with Crippen molar-refractivity contribution in [2.24, 2.45) is 0 Å². The highest BCUT2D eigenvalue weighted by molar-refractivity contribution is 14.1. The topological polar surface area (TPSA) is 195 Å². The number of benzene rings is 2. The summed E-state index contributed by atoms with van der Waals surface area (Å²) in [5, 5.41) is 5.42. The number of carbonyl (C=O) groups is 4. The van der Waals surface area contributed by atoms with Crippen LogP contribution in [0.1, 0.15) is 37.8 Å². The Morgan fingerprint density at radius 3 is 2.25 bits per heavy atom. The van der Waals surface area contributed by atoms with Crippen LogP contribution < -0.4 is 10.6 Å². The van der Waals surface area contributed by atoms with Crippen molar-refractivity contribution in [3.05, 3.63) is 72.3 Å². The van der Waals surface area contributed by atoms with Crippen molar-refractivity contribution < 1.29 is 47.6 Å². The van der Waals surface area contributed by atoms with Crippen LogP contribution in [0.5, 0.6) is 0 Å². The third-order valence-electron chi connectivity index (χ3n) is 8.57. The van der Waals surface area contributed by atoms with Crippen molar-refractivity contribution in [1.29, 1.82) is 0 Å². The van der Waals surface area contributed by atoms with Gasteiger partial charge in [0.25, 0.3) is 0 Å². The molecule has 17 nitrogen and oxygen atoms in total. The molecule has 57 heavy (non-hydrogen) atoms. The highest BCUT2D eigenvalue weighted by Crippen LogP contribution is 2.44. The van der Waals surface area contributed by atoms with E-state index in [2.05, 4.69) is 60.3 Å².